The lowest BCUT2D eigenvalue weighted by Crippen LogP contribution is -2.31. The maximum Gasteiger partial charge on any atom is 0.0654 e. The molecule has 2 nitrogen and oxygen atoms in total. The molecule has 0 amide bonds. The molecule has 0 aliphatic carbocycles. The average molecular weight is 656 g/mol. The molecule has 1 atom stereocenters. The second kappa shape index (κ2) is 36.2. The summed E-state index contributed by atoms with van der Waals surface area (Å²) >= 11 is 0. The van der Waals surface area contributed by atoms with Crippen molar-refractivity contribution in [2.75, 3.05) is 27.2 Å². The highest BCUT2D eigenvalue weighted by atomic mass is 16.5. The van der Waals surface area contributed by atoms with Gasteiger partial charge < -0.3 is 9.64 Å². The second-order valence-corrected chi connectivity index (χ2v) is 15.1. The Bertz CT molecular complexity index is 684. The van der Waals surface area contributed by atoms with E-state index >= 15 is 0 Å². The summed E-state index contributed by atoms with van der Waals surface area (Å²) in [6.07, 6.45) is 54.1. The molecule has 0 aromatic heterocycles. The molecule has 0 aliphatic rings. The van der Waals surface area contributed by atoms with Crippen LogP contribution in [-0.2, 0) is 4.74 Å². The lowest BCUT2D eigenvalue weighted by atomic mass is 9.90. The first-order valence-electron chi connectivity index (χ1n) is 20.8. The summed E-state index contributed by atoms with van der Waals surface area (Å²) < 4.78 is 6.73. The van der Waals surface area contributed by atoms with Crippen LogP contribution in [0, 0.1) is 5.92 Å². The van der Waals surface area contributed by atoms with Crippen LogP contribution in [0.15, 0.2) is 48.6 Å². The van der Waals surface area contributed by atoms with Crippen molar-refractivity contribution in [1.29, 1.82) is 0 Å². The van der Waals surface area contributed by atoms with Crippen molar-refractivity contribution in [2.24, 2.45) is 5.92 Å². The molecular weight excluding hydrogens is 571 g/mol. The fourth-order valence-electron chi connectivity index (χ4n) is 6.15. The van der Waals surface area contributed by atoms with Crippen molar-refractivity contribution >= 4 is 0 Å². The van der Waals surface area contributed by atoms with E-state index in [-0.39, 0.29) is 5.60 Å². The van der Waals surface area contributed by atoms with Crippen LogP contribution in [0.4, 0.5) is 0 Å². The monoisotopic (exact) mass is 656 g/mol. The summed E-state index contributed by atoms with van der Waals surface area (Å²) in [6.45, 7) is 11.4. The average Bonchev–Trinajstić information content (AvgIpc) is 3.06. The number of hydrogen-bond acceptors (Lipinski definition) is 2. The molecular formula is C45H85NO. The quantitative estimate of drug-likeness (QED) is 0.0492. The number of hydrogen-bond donors (Lipinski definition) is 0. The van der Waals surface area contributed by atoms with Gasteiger partial charge in [-0.1, -0.05) is 159 Å². The van der Waals surface area contributed by atoms with E-state index in [9.17, 15) is 0 Å². The highest BCUT2D eigenvalue weighted by Gasteiger charge is 2.25. The van der Waals surface area contributed by atoms with Gasteiger partial charge in [-0.3, -0.25) is 0 Å². The Morgan fingerprint density at radius 3 is 1.26 bits per heavy atom. The third kappa shape index (κ3) is 36.0. The Kier molecular flexibility index (Phi) is 35.3. The van der Waals surface area contributed by atoms with Gasteiger partial charge in [-0.15, -0.1) is 0 Å². The van der Waals surface area contributed by atoms with Gasteiger partial charge in [0.15, 0.2) is 0 Å². The van der Waals surface area contributed by atoms with Gasteiger partial charge in [0.2, 0.25) is 0 Å². The zero-order valence-electron chi connectivity index (χ0n) is 33.1. The minimum Gasteiger partial charge on any atom is -0.375 e. The fraction of sp³-hybridized carbons (Fsp3) is 0.822. The van der Waals surface area contributed by atoms with Gasteiger partial charge in [0.25, 0.3) is 0 Å². The molecule has 0 N–H and O–H groups in total. The normalized spacial score (nSPS) is 13.5. The number of unbranched alkanes of at least 4 members (excludes halogenated alkanes) is 18. The smallest absolute Gasteiger partial charge is 0.0654 e. The van der Waals surface area contributed by atoms with Gasteiger partial charge in [0, 0.05) is 6.61 Å². The van der Waals surface area contributed by atoms with Crippen LogP contribution in [0.2, 0.25) is 0 Å². The lowest BCUT2D eigenvalue weighted by Gasteiger charge is -2.32. The van der Waals surface area contributed by atoms with Crippen LogP contribution in [-0.4, -0.2) is 37.7 Å². The number of ether oxygens (including phenoxy) is 1. The molecule has 0 fully saturated rings. The zero-order valence-corrected chi connectivity index (χ0v) is 33.1. The summed E-state index contributed by atoms with van der Waals surface area (Å²) in [6, 6.07) is 0. The van der Waals surface area contributed by atoms with Gasteiger partial charge in [-0.25, -0.2) is 0 Å². The predicted molar refractivity (Wildman–Crippen MR) is 215 cm³/mol. The molecule has 0 aromatic carbocycles. The first-order valence-corrected chi connectivity index (χ1v) is 20.8. The summed E-state index contributed by atoms with van der Waals surface area (Å²) in [7, 11) is 4.35. The highest BCUT2D eigenvalue weighted by Crippen LogP contribution is 2.28. The minimum atomic E-state index is 0.0524. The summed E-state index contributed by atoms with van der Waals surface area (Å²) in [5.41, 5.74) is 0.0524. The molecule has 1 unspecified atom stereocenters. The van der Waals surface area contributed by atoms with Crippen molar-refractivity contribution in [3.05, 3.63) is 48.6 Å². The maximum atomic E-state index is 6.73. The molecule has 0 aliphatic heterocycles. The SMILES string of the molecule is CCCCC/C=C\C/C=C\CCCCCCCCC(C)(CCCCCCCC/C=C\C/C=C\CCCCC)OCC(C)CCN(C)C. The Morgan fingerprint density at radius 2 is 0.872 bits per heavy atom. The number of nitrogens with zero attached hydrogens (tertiary/aromatic N) is 1. The van der Waals surface area contributed by atoms with Crippen molar-refractivity contribution in [1.82, 2.24) is 4.90 Å². The van der Waals surface area contributed by atoms with E-state index in [1.807, 2.05) is 0 Å². The van der Waals surface area contributed by atoms with E-state index in [1.54, 1.807) is 0 Å². The van der Waals surface area contributed by atoms with E-state index in [0.29, 0.717) is 5.92 Å². The standard InChI is InChI=1S/C45H85NO/c1-7-9-11-13-15-17-19-21-23-25-27-29-31-33-35-37-40-45(4,47-43-44(3)39-42-46(5)6)41-38-36-34-32-30-28-26-24-22-20-18-16-14-12-10-8-2/h15-18,21-24,44H,7-14,19-20,25-43H2,1-6H3/b17-15-,18-16-,23-21-,24-22-. The van der Waals surface area contributed by atoms with E-state index in [0.717, 1.165) is 26.0 Å². The van der Waals surface area contributed by atoms with Crippen molar-refractivity contribution in [3.8, 4) is 0 Å². The molecule has 0 saturated heterocycles. The third-order valence-electron chi connectivity index (χ3n) is 9.60. The van der Waals surface area contributed by atoms with Gasteiger partial charge in [-0.2, -0.15) is 0 Å². The summed E-state index contributed by atoms with van der Waals surface area (Å²) in [5.74, 6) is 0.628. The Balaban J connectivity index is 4.14. The molecule has 0 heterocycles. The van der Waals surface area contributed by atoms with Crippen LogP contribution < -0.4 is 0 Å². The molecule has 276 valence electrons. The van der Waals surface area contributed by atoms with Gasteiger partial charge in [0.1, 0.15) is 0 Å². The molecule has 0 aromatic rings. The van der Waals surface area contributed by atoms with Crippen LogP contribution in [0.3, 0.4) is 0 Å². The largest absolute Gasteiger partial charge is 0.375 e. The molecule has 0 saturated carbocycles. The Hall–Kier alpha value is -1.12. The van der Waals surface area contributed by atoms with Gasteiger partial charge in [0.05, 0.1) is 5.60 Å². The molecule has 2 heteroatoms. The van der Waals surface area contributed by atoms with E-state index in [1.165, 1.54) is 161 Å². The van der Waals surface area contributed by atoms with Crippen LogP contribution in [0.5, 0.6) is 0 Å². The van der Waals surface area contributed by atoms with Gasteiger partial charge in [-0.05, 0) is 117 Å². The van der Waals surface area contributed by atoms with Crippen molar-refractivity contribution in [3.63, 3.8) is 0 Å². The first-order chi connectivity index (χ1) is 22.9. The van der Waals surface area contributed by atoms with Crippen LogP contribution in [0.1, 0.15) is 201 Å². The molecule has 0 bridgehead atoms. The summed E-state index contributed by atoms with van der Waals surface area (Å²) in [5, 5.41) is 0. The number of allylic oxidation sites excluding steroid dienone is 8. The third-order valence-corrected chi connectivity index (χ3v) is 9.60. The number of rotatable bonds is 36. The summed E-state index contributed by atoms with van der Waals surface area (Å²) in [4.78, 5) is 2.30. The first kappa shape index (κ1) is 45.9. The topological polar surface area (TPSA) is 12.5 Å². The van der Waals surface area contributed by atoms with E-state index < -0.39 is 0 Å². The Labute approximate surface area is 297 Å². The molecule has 0 spiro atoms. The zero-order chi connectivity index (χ0) is 34.5. The minimum absolute atomic E-state index is 0.0524. The Morgan fingerprint density at radius 1 is 0.511 bits per heavy atom. The van der Waals surface area contributed by atoms with Crippen molar-refractivity contribution < 1.29 is 4.74 Å². The van der Waals surface area contributed by atoms with Crippen LogP contribution >= 0.6 is 0 Å². The predicted octanol–water partition coefficient (Wildman–Crippen LogP) is 14.8. The van der Waals surface area contributed by atoms with E-state index in [2.05, 4.69) is 95.3 Å². The molecule has 0 rings (SSSR count). The van der Waals surface area contributed by atoms with Crippen LogP contribution in [0.25, 0.3) is 0 Å². The second-order valence-electron chi connectivity index (χ2n) is 15.1. The molecule has 47 heavy (non-hydrogen) atoms. The van der Waals surface area contributed by atoms with E-state index in [4.69, 9.17) is 4.74 Å². The van der Waals surface area contributed by atoms with Crippen molar-refractivity contribution in [2.45, 2.75) is 207 Å². The highest BCUT2D eigenvalue weighted by molar-refractivity contribution is 4.93. The molecule has 0 radical (unpaired) electrons. The maximum absolute atomic E-state index is 6.73. The lowest BCUT2D eigenvalue weighted by molar-refractivity contribution is -0.0611. The fourth-order valence-corrected chi connectivity index (χ4v) is 6.15. The van der Waals surface area contributed by atoms with Gasteiger partial charge >= 0.3 is 0 Å².